The van der Waals surface area contributed by atoms with Crippen molar-refractivity contribution in [1.82, 2.24) is 4.90 Å². The van der Waals surface area contributed by atoms with Crippen LogP contribution in [0.1, 0.15) is 52.0 Å². The third kappa shape index (κ3) is 5.68. The van der Waals surface area contributed by atoms with Gasteiger partial charge in [-0.3, -0.25) is 4.79 Å². The fraction of sp³-hybridized carbons (Fsp3) is 0.526. The first-order chi connectivity index (χ1) is 11.6. The maximum absolute atomic E-state index is 12.3. The first kappa shape index (κ1) is 19.7. The van der Waals surface area contributed by atoms with Crippen molar-refractivity contribution < 1.29 is 13.2 Å². The average Bonchev–Trinajstić information content (AvgIpc) is 2.50. The molecule has 1 aromatic rings. The minimum atomic E-state index is -3.69. The molecule has 2 rings (SSSR count). The summed E-state index contributed by atoms with van der Waals surface area (Å²) in [6.07, 6.45) is 5.83. The Kier molecular flexibility index (Phi) is 6.06. The van der Waals surface area contributed by atoms with Crippen molar-refractivity contribution in [2.45, 2.75) is 57.9 Å². The number of primary sulfonamides is 1. The topological polar surface area (TPSA) is 80.5 Å². The van der Waals surface area contributed by atoms with Gasteiger partial charge in [0.15, 0.2) is 0 Å². The van der Waals surface area contributed by atoms with E-state index in [1.54, 1.807) is 12.1 Å². The van der Waals surface area contributed by atoms with Crippen molar-refractivity contribution in [1.29, 1.82) is 0 Å². The molecule has 1 heterocycles. The molecule has 1 aliphatic rings. The van der Waals surface area contributed by atoms with Gasteiger partial charge in [0, 0.05) is 19.5 Å². The molecule has 2 N–H and O–H groups in total. The van der Waals surface area contributed by atoms with Gasteiger partial charge in [0.1, 0.15) is 0 Å². The fourth-order valence-electron chi connectivity index (χ4n) is 3.26. The number of amides is 1. The van der Waals surface area contributed by atoms with Crippen molar-refractivity contribution in [2.75, 3.05) is 6.54 Å². The highest BCUT2D eigenvalue weighted by atomic mass is 32.2. The van der Waals surface area contributed by atoms with Gasteiger partial charge in [0.2, 0.25) is 15.9 Å². The summed E-state index contributed by atoms with van der Waals surface area (Å²) in [6.45, 7) is 7.69. The molecule has 0 saturated carbocycles. The van der Waals surface area contributed by atoms with E-state index in [0.717, 1.165) is 31.4 Å². The predicted molar refractivity (Wildman–Crippen MR) is 99.2 cm³/mol. The molecule has 1 amide bonds. The van der Waals surface area contributed by atoms with Gasteiger partial charge in [0.05, 0.1) is 4.90 Å². The van der Waals surface area contributed by atoms with Crippen LogP contribution in [-0.4, -0.2) is 25.8 Å². The Morgan fingerprint density at radius 1 is 1.28 bits per heavy atom. The number of benzene rings is 1. The summed E-state index contributed by atoms with van der Waals surface area (Å²) in [7, 11) is -3.69. The zero-order valence-electron chi connectivity index (χ0n) is 15.3. The molecule has 138 valence electrons. The summed E-state index contributed by atoms with van der Waals surface area (Å²) in [5.41, 5.74) is 2.36. The van der Waals surface area contributed by atoms with Gasteiger partial charge in [-0.1, -0.05) is 30.7 Å². The monoisotopic (exact) mass is 364 g/mol. The van der Waals surface area contributed by atoms with E-state index in [2.05, 4.69) is 26.8 Å². The normalized spacial score (nSPS) is 21.3. The minimum Gasteiger partial charge on any atom is -0.338 e. The first-order valence-electron chi connectivity index (χ1n) is 8.62. The lowest BCUT2D eigenvalue weighted by atomic mass is 9.77. The third-order valence-electron chi connectivity index (χ3n) is 4.79. The number of allylic oxidation sites excluding steroid dienone is 2. The van der Waals surface area contributed by atoms with E-state index in [0.29, 0.717) is 13.0 Å². The quantitative estimate of drug-likeness (QED) is 0.787. The number of likely N-dealkylation sites (tertiary alicyclic amines) is 1. The van der Waals surface area contributed by atoms with Gasteiger partial charge in [-0.2, -0.15) is 0 Å². The maximum Gasteiger partial charge on any atom is 0.238 e. The summed E-state index contributed by atoms with van der Waals surface area (Å²) >= 11 is 0. The van der Waals surface area contributed by atoms with Gasteiger partial charge in [-0.25, -0.2) is 13.6 Å². The van der Waals surface area contributed by atoms with E-state index in [9.17, 15) is 13.2 Å². The number of hydrogen-bond acceptors (Lipinski definition) is 3. The number of hydrogen-bond donors (Lipinski definition) is 1. The van der Waals surface area contributed by atoms with Crippen LogP contribution in [0, 0.1) is 5.41 Å². The van der Waals surface area contributed by atoms with Crippen LogP contribution in [0.3, 0.4) is 0 Å². The van der Waals surface area contributed by atoms with Crippen molar-refractivity contribution in [3.05, 3.63) is 41.5 Å². The molecule has 1 aliphatic heterocycles. The van der Waals surface area contributed by atoms with E-state index >= 15 is 0 Å². The highest BCUT2D eigenvalue weighted by Crippen LogP contribution is 2.35. The number of carbonyl (C=O) groups excluding carboxylic acids is 1. The van der Waals surface area contributed by atoms with Gasteiger partial charge in [-0.05, 0) is 56.2 Å². The Morgan fingerprint density at radius 2 is 1.92 bits per heavy atom. The molecule has 1 unspecified atom stereocenters. The molecule has 5 nitrogen and oxygen atoms in total. The summed E-state index contributed by atoms with van der Waals surface area (Å²) < 4.78 is 22.7. The molecule has 1 saturated heterocycles. The minimum absolute atomic E-state index is 0.0905. The van der Waals surface area contributed by atoms with Crippen LogP contribution < -0.4 is 5.14 Å². The predicted octanol–water partition coefficient (Wildman–Crippen LogP) is 3.21. The Labute approximate surface area is 151 Å². The Balaban J connectivity index is 2.04. The van der Waals surface area contributed by atoms with E-state index in [1.807, 2.05) is 4.90 Å². The molecule has 1 fully saturated rings. The number of carbonyl (C=O) groups is 1. The van der Waals surface area contributed by atoms with E-state index in [1.165, 1.54) is 17.7 Å². The summed E-state index contributed by atoms with van der Waals surface area (Å²) in [6, 6.07) is 6.44. The van der Waals surface area contributed by atoms with E-state index < -0.39 is 10.0 Å². The van der Waals surface area contributed by atoms with Crippen LogP contribution >= 0.6 is 0 Å². The number of piperidine rings is 1. The Hall–Kier alpha value is -1.66. The van der Waals surface area contributed by atoms with Gasteiger partial charge in [0.25, 0.3) is 0 Å². The van der Waals surface area contributed by atoms with Crippen LogP contribution in [0.25, 0.3) is 0 Å². The third-order valence-corrected chi connectivity index (χ3v) is 5.72. The lowest BCUT2D eigenvalue weighted by Crippen LogP contribution is -2.44. The number of sulfonamides is 1. The summed E-state index contributed by atoms with van der Waals surface area (Å²) in [5.74, 6) is 0.162. The zero-order valence-corrected chi connectivity index (χ0v) is 16.1. The summed E-state index contributed by atoms with van der Waals surface area (Å²) in [5, 5.41) is 5.12. The Morgan fingerprint density at radius 3 is 2.48 bits per heavy atom. The maximum atomic E-state index is 12.3. The van der Waals surface area contributed by atoms with Crippen LogP contribution in [0.4, 0.5) is 0 Å². The molecule has 0 aliphatic carbocycles. The van der Waals surface area contributed by atoms with Gasteiger partial charge < -0.3 is 4.90 Å². The standard InChI is InChI=1S/C19H28N2O3S/c1-15(2)5-4-11-19(3)12-10-18(22)21(14-19)13-16-6-8-17(9-7-16)25(20,23)24/h5-9H,4,10-14H2,1-3H3,(H2,20,23,24). The second-order valence-corrected chi connectivity index (χ2v) is 9.13. The van der Waals surface area contributed by atoms with Crippen LogP contribution in [0.5, 0.6) is 0 Å². The molecule has 0 bridgehead atoms. The van der Waals surface area contributed by atoms with Crippen LogP contribution in [-0.2, 0) is 21.4 Å². The molecule has 25 heavy (non-hydrogen) atoms. The lowest BCUT2D eigenvalue weighted by molar-refractivity contribution is -0.138. The SMILES string of the molecule is CC(C)=CCCC1(C)CCC(=O)N(Cc2ccc(S(N)(=O)=O)cc2)C1. The van der Waals surface area contributed by atoms with E-state index in [-0.39, 0.29) is 16.2 Å². The second-order valence-electron chi connectivity index (χ2n) is 7.57. The molecule has 0 radical (unpaired) electrons. The molecule has 0 aromatic heterocycles. The molecule has 0 spiro atoms. The van der Waals surface area contributed by atoms with E-state index in [4.69, 9.17) is 5.14 Å². The second kappa shape index (κ2) is 7.70. The lowest BCUT2D eigenvalue weighted by Gasteiger charge is -2.40. The van der Waals surface area contributed by atoms with Crippen molar-refractivity contribution in [2.24, 2.45) is 10.6 Å². The smallest absolute Gasteiger partial charge is 0.238 e. The highest BCUT2D eigenvalue weighted by Gasteiger charge is 2.34. The average molecular weight is 365 g/mol. The van der Waals surface area contributed by atoms with Crippen molar-refractivity contribution in [3.63, 3.8) is 0 Å². The largest absolute Gasteiger partial charge is 0.338 e. The van der Waals surface area contributed by atoms with Gasteiger partial charge in [-0.15, -0.1) is 0 Å². The number of rotatable bonds is 6. The van der Waals surface area contributed by atoms with Crippen LogP contribution in [0.15, 0.2) is 40.8 Å². The highest BCUT2D eigenvalue weighted by molar-refractivity contribution is 7.89. The van der Waals surface area contributed by atoms with Crippen LogP contribution in [0.2, 0.25) is 0 Å². The first-order valence-corrected chi connectivity index (χ1v) is 10.2. The van der Waals surface area contributed by atoms with Crippen molar-refractivity contribution >= 4 is 15.9 Å². The molecule has 1 aromatic carbocycles. The molecule has 1 atom stereocenters. The molecule has 6 heteroatoms. The number of nitrogens with zero attached hydrogens (tertiary/aromatic N) is 1. The summed E-state index contributed by atoms with van der Waals surface area (Å²) in [4.78, 5) is 14.3. The molecular formula is C19H28N2O3S. The van der Waals surface area contributed by atoms with Crippen molar-refractivity contribution in [3.8, 4) is 0 Å². The fourth-order valence-corrected chi connectivity index (χ4v) is 3.77. The number of nitrogens with two attached hydrogens (primary N) is 1. The van der Waals surface area contributed by atoms with Gasteiger partial charge >= 0.3 is 0 Å². The zero-order chi connectivity index (χ0) is 18.7. The Bertz CT molecular complexity index is 749. The molecular weight excluding hydrogens is 336 g/mol.